The third-order valence-electron chi connectivity index (χ3n) is 2.93. The summed E-state index contributed by atoms with van der Waals surface area (Å²) in [7, 11) is 0. The van der Waals surface area contributed by atoms with Crippen LogP contribution in [0.4, 0.5) is 0 Å². The van der Waals surface area contributed by atoms with Crippen molar-refractivity contribution in [1.29, 1.82) is 0 Å². The number of hydrogen-bond acceptors (Lipinski definition) is 3. The Hall–Kier alpha value is -1.79. The molecular formula is C10H18N4O3. The number of rotatable bonds is 4. The summed E-state index contributed by atoms with van der Waals surface area (Å²) in [4.78, 5) is 25.8. The van der Waals surface area contributed by atoms with Crippen molar-refractivity contribution in [3.05, 3.63) is 0 Å². The largest absolute Gasteiger partial charge is 0.481 e. The Balaban J connectivity index is 2.66. The van der Waals surface area contributed by atoms with Gasteiger partial charge in [0.2, 0.25) is 5.91 Å². The third-order valence-corrected chi connectivity index (χ3v) is 2.93. The van der Waals surface area contributed by atoms with Crippen LogP contribution in [0.25, 0.3) is 0 Å². The number of carbonyl (C=O) groups excluding carboxylic acids is 1. The second kappa shape index (κ2) is 5.51. The van der Waals surface area contributed by atoms with Crippen molar-refractivity contribution in [3.63, 3.8) is 0 Å². The Morgan fingerprint density at radius 2 is 2.06 bits per heavy atom. The maximum atomic E-state index is 10.9. The smallest absolute Gasteiger partial charge is 0.306 e. The van der Waals surface area contributed by atoms with Gasteiger partial charge in [0.05, 0.1) is 12.0 Å². The van der Waals surface area contributed by atoms with Gasteiger partial charge in [-0.15, -0.1) is 0 Å². The van der Waals surface area contributed by atoms with E-state index in [0.717, 1.165) is 0 Å². The van der Waals surface area contributed by atoms with E-state index in [1.54, 1.807) is 0 Å². The number of hydrogen-bond donors (Lipinski definition) is 4. The first kappa shape index (κ1) is 13.3. The lowest BCUT2D eigenvalue weighted by Crippen LogP contribution is -2.32. The number of carboxylic acids is 1. The fraction of sp³-hybridized carbons (Fsp3) is 0.700. The molecular weight excluding hydrogens is 224 g/mol. The topological polar surface area (TPSA) is 131 Å². The molecule has 1 aliphatic rings. The first-order valence-electron chi connectivity index (χ1n) is 5.46. The lowest BCUT2D eigenvalue weighted by molar-refractivity contribution is -0.141. The van der Waals surface area contributed by atoms with E-state index in [9.17, 15) is 9.59 Å². The zero-order valence-corrected chi connectivity index (χ0v) is 9.72. The summed E-state index contributed by atoms with van der Waals surface area (Å²) >= 11 is 0. The van der Waals surface area contributed by atoms with Crippen molar-refractivity contribution in [1.82, 2.24) is 5.32 Å². The second-order valence-corrected chi connectivity index (χ2v) is 4.33. The van der Waals surface area contributed by atoms with Gasteiger partial charge in [0, 0.05) is 13.5 Å². The van der Waals surface area contributed by atoms with Crippen LogP contribution in [0.15, 0.2) is 4.99 Å². The molecule has 0 aromatic rings. The van der Waals surface area contributed by atoms with Crippen LogP contribution in [0, 0.1) is 11.8 Å². The summed E-state index contributed by atoms with van der Waals surface area (Å²) in [5.74, 6) is -1.50. The van der Waals surface area contributed by atoms with Crippen LogP contribution in [0.1, 0.15) is 19.8 Å². The molecule has 96 valence electrons. The molecule has 1 amide bonds. The fourth-order valence-corrected chi connectivity index (χ4v) is 2.15. The molecule has 6 N–H and O–H groups in total. The van der Waals surface area contributed by atoms with Gasteiger partial charge in [-0.05, 0) is 18.8 Å². The Morgan fingerprint density at radius 1 is 1.41 bits per heavy atom. The Morgan fingerprint density at radius 3 is 2.53 bits per heavy atom. The predicted octanol–water partition coefficient (Wildman–Crippen LogP) is -1.12. The molecule has 0 aromatic carbocycles. The first-order chi connectivity index (χ1) is 7.90. The van der Waals surface area contributed by atoms with Gasteiger partial charge in [0.15, 0.2) is 5.96 Å². The van der Waals surface area contributed by atoms with Crippen molar-refractivity contribution < 1.29 is 14.7 Å². The molecule has 0 aliphatic heterocycles. The molecule has 1 aliphatic carbocycles. The van der Waals surface area contributed by atoms with E-state index < -0.39 is 11.9 Å². The van der Waals surface area contributed by atoms with Crippen LogP contribution in [-0.4, -0.2) is 35.5 Å². The lowest BCUT2D eigenvalue weighted by Gasteiger charge is -2.15. The summed E-state index contributed by atoms with van der Waals surface area (Å²) in [6, 6.07) is -0.229. The number of aliphatic imine (C=N–C) groups is 1. The minimum Gasteiger partial charge on any atom is -0.481 e. The maximum Gasteiger partial charge on any atom is 0.306 e. The molecule has 0 spiro atoms. The molecule has 0 bridgehead atoms. The van der Waals surface area contributed by atoms with Crippen LogP contribution in [-0.2, 0) is 9.59 Å². The van der Waals surface area contributed by atoms with E-state index in [2.05, 4.69) is 10.3 Å². The second-order valence-electron chi connectivity index (χ2n) is 4.33. The molecule has 3 atom stereocenters. The molecule has 1 rings (SSSR count). The van der Waals surface area contributed by atoms with E-state index in [-0.39, 0.29) is 23.8 Å². The van der Waals surface area contributed by atoms with Gasteiger partial charge in [-0.2, -0.15) is 0 Å². The van der Waals surface area contributed by atoms with Gasteiger partial charge in [0.1, 0.15) is 0 Å². The standard InChI is InChI=1S/C10H18N4O3/c1-5(15)13-4-7-2-6(9(16)17)3-8(7)14-10(11)12/h6-8H,2-4H2,1H3,(H,13,15)(H,16,17)(H4,11,12,14)/t6-,7+,8-/m1/s1. The normalized spacial score (nSPS) is 27.5. The highest BCUT2D eigenvalue weighted by Crippen LogP contribution is 2.33. The van der Waals surface area contributed by atoms with Gasteiger partial charge in [-0.1, -0.05) is 0 Å². The summed E-state index contributed by atoms with van der Waals surface area (Å²) in [6.07, 6.45) is 0.897. The average molecular weight is 242 g/mol. The van der Waals surface area contributed by atoms with Crippen LogP contribution in [0.2, 0.25) is 0 Å². The SMILES string of the molecule is CC(=O)NC[C@@H]1C[C@@H](C(=O)O)C[C@H]1N=C(N)N. The Kier molecular flexibility index (Phi) is 4.30. The summed E-state index contributed by atoms with van der Waals surface area (Å²) in [6.45, 7) is 1.82. The van der Waals surface area contributed by atoms with Gasteiger partial charge < -0.3 is 21.9 Å². The number of carboxylic acid groups (broad SMARTS) is 1. The molecule has 17 heavy (non-hydrogen) atoms. The maximum absolute atomic E-state index is 10.9. The van der Waals surface area contributed by atoms with E-state index in [4.69, 9.17) is 16.6 Å². The van der Waals surface area contributed by atoms with E-state index in [1.165, 1.54) is 6.92 Å². The molecule has 0 heterocycles. The summed E-state index contributed by atoms with van der Waals surface area (Å²) in [5, 5.41) is 11.6. The first-order valence-corrected chi connectivity index (χ1v) is 5.46. The Labute approximate surface area is 99.3 Å². The molecule has 0 radical (unpaired) electrons. The van der Waals surface area contributed by atoms with Gasteiger partial charge >= 0.3 is 5.97 Å². The Bertz CT molecular complexity index is 338. The highest BCUT2D eigenvalue weighted by atomic mass is 16.4. The van der Waals surface area contributed by atoms with Crippen LogP contribution >= 0.6 is 0 Å². The molecule has 1 saturated carbocycles. The van der Waals surface area contributed by atoms with Gasteiger partial charge in [-0.25, -0.2) is 4.99 Å². The molecule has 0 aromatic heterocycles. The van der Waals surface area contributed by atoms with Crippen molar-refractivity contribution in [3.8, 4) is 0 Å². The van der Waals surface area contributed by atoms with E-state index in [0.29, 0.717) is 19.4 Å². The van der Waals surface area contributed by atoms with E-state index in [1.807, 2.05) is 0 Å². The number of carbonyl (C=O) groups is 2. The van der Waals surface area contributed by atoms with Crippen LogP contribution in [0.5, 0.6) is 0 Å². The van der Waals surface area contributed by atoms with Crippen LogP contribution in [0.3, 0.4) is 0 Å². The zero-order chi connectivity index (χ0) is 13.0. The number of nitrogens with one attached hydrogen (secondary N) is 1. The summed E-state index contributed by atoms with van der Waals surface area (Å²) in [5.41, 5.74) is 10.6. The zero-order valence-electron chi connectivity index (χ0n) is 9.72. The van der Waals surface area contributed by atoms with Crippen molar-refractivity contribution in [2.45, 2.75) is 25.8 Å². The molecule has 0 unspecified atom stereocenters. The summed E-state index contributed by atoms with van der Waals surface area (Å²) < 4.78 is 0. The number of amides is 1. The number of aliphatic carboxylic acids is 1. The number of nitrogens with zero attached hydrogens (tertiary/aromatic N) is 1. The lowest BCUT2D eigenvalue weighted by atomic mass is 10.0. The predicted molar refractivity (Wildman–Crippen MR) is 62.1 cm³/mol. The number of nitrogens with two attached hydrogens (primary N) is 2. The minimum atomic E-state index is -0.842. The van der Waals surface area contributed by atoms with Gasteiger partial charge in [-0.3, -0.25) is 9.59 Å². The monoisotopic (exact) mass is 242 g/mol. The van der Waals surface area contributed by atoms with E-state index >= 15 is 0 Å². The quantitative estimate of drug-likeness (QED) is 0.366. The molecule has 7 heteroatoms. The van der Waals surface area contributed by atoms with Crippen LogP contribution < -0.4 is 16.8 Å². The van der Waals surface area contributed by atoms with Crippen molar-refractivity contribution >= 4 is 17.8 Å². The van der Waals surface area contributed by atoms with Gasteiger partial charge in [0.25, 0.3) is 0 Å². The highest BCUT2D eigenvalue weighted by Gasteiger charge is 2.37. The van der Waals surface area contributed by atoms with Crippen molar-refractivity contribution in [2.24, 2.45) is 28.3 Å². The number of guanidine groups is 1. The molecule has 7 nitrogen and oxygen atoms in total. The molecule has 1 fully saturated rings. The third kappa shape index (κ3) is 3.93. The average Bonchev–Trinajstić information content (AvgIpc) is 2.57. The highest BCUT2D eigenvalue weighted by molar-refractivity contribution is 5.76. The fourth-order valence-electron chi connectivity index (χ4n) is 2.15. The minimum absolute atomic E-state index is 0.0258. The van der Waals surface area contributed by atoms with Crippen molar-refractivity contribution in [2.75, 3.05) is 6.54 Å². The molecule has 0 saturated heterocycles.